The number of ether oxygens (including phenoxy) is 1. The smallest absolute Gasteiger partial charge is 0.243 e. The zero-order valence-electron chi connectivity index (χ0n) is 11.0. The number of methoxy groups -OCH3 is 1. The van der Waals surface area contributed by atoms with E-state index < -0.39 is 5.54 Å². The van der Waals surface area contributed by atoms with Gasteiger partial charge in [-0.15, -0.1) is 0 Å². The van der Waals surface area contributed by atoms with Crippen molar-refractivity contribution in [2.24, 2.45) is 5.73 Å². The zero-order valence-corrected chi connectivity index (χ0v) is 11.7. The Kier molecular flexibility index (Phi) is 4.32. The van der Waals surface area contributed by atoms with Gasteiger partial charge in [-0.25, -0.2) is 0 Å². The van der Waals surface area contributed by atoms with Gasteiger partial charge in [0.2, 0.25) is 5.91 Å². The van der Waals surface area contributed by atoms with Gasteiger partial charge < -0.3 is 15.8 Å². The van der Waals surface area contributed by atoms with Crippen molar-refractivity contribution in [2.75, 3.05) is 12.4 Å². The molecule has 1 aromatic rings. The van der Waals surface area contributed by atoms with Crippen LogP contribution in [-0.4, -0.2) is 24.7 Å². The van der Waals surface area contributed by atoms with Gasteiger partial charge in [0.15, 0.2) is 0 Å². The number of primary amides is 1. The van der Waals surface area contributed by atoms with Crippen molar-refractivity contribution in [3.8, 4) is 0 Å². The fourth-order valence-corrected chi connectivity index (χ4v) is 2.86. The van der Waals surface area contributed by atoms with E-state index in [9.17, 15) is 4.79 Å². The Morgan fingerprint density at radius 3 is 3.00 bits per heavy atom. The molecular formula is C14H19ClN2O2. The molecule has 0 saturated heterocycles. The number of nitrogens with two attached hydrogens (primary N) is 1. The van der Waals surface area contributed by atoms with E-state index in [-0.39, 0.29) is 12.0 Å². The topological polar surface area (TPSA) is 64.3 Å². The van der Waals surface area contributed by atoms with Crippen molar-refractivity contribution in [1.29, 1.82) is 0 Å². The normalized spacial score (nSPS) is 26.9. The SMILES string of the molecule is COC1CCCC(Nc2cccc(Cl)c2)(C(N)=O)C1. The van der Waals surface area contributed by atoms with E-state index in [4.69, 9.17) is 22.1 Å². The number of carbonyl (C=O) groups excluding carboxylic acids is 1. The zero-order chi connectivity index (χ0) is 13.9. The molecule has 1 fully saturated rings. The summed E-state index contributed by atoms with van der Waals surface area (Å²) < 4.78 is 5.38. The highest BCUT2D eigenvalue weighted by molar-refractivity contribution is 6.30. The maximum Gasteiger partial charge on any atom is 0.243 e. The van der Waals surface area contributed by atoms with Crippen LogP contribution in [0.25, 0.3) is 0 Å². The van der Waals surface area contributed by atoms with Crippen LogP contribution in [0.15, 0.2) is 24.3 Å². The molecule has 1 saturated carbocycles. The standard InChI is InChI=1S/C14H19ClN2O2/c1-19-12-6-3-7-14(9-12,13(16)18)17-11-5-2-4-10(15)8-11/h2,4-5,8,12,17H,3,6-7,9H2,1H3,(H2,16,18). The predicted molar refractivity (Wildman–Crippen MR) is 76.3 cm³/mol. The summed E-state index contributed by atoms with van der Waals surface area (Å²) >= 11 is 5.96. The van der Waals surface area contributed by atoms with Gasteiger partial charge in [-0.05, 0) is 37.5 Å². The van der Waals surface area contributed by atoms with Crippen LogP contribution in [0.2, 0.25) is 5.02 Å². The van der Waals surface area contributed by atoms with E-state index >= 15 is 0 Å². The van der Waals surface area contributed by atoms with Crippen LogP contribution in [0.1, 0.15) is 25.7 Å². The number of rotatable bonds is 4. The molecule has 0 bridgehead atoms. The Bertz CT molecular complexity index is 467. The lowest BCUT2D eigenvalue weighted by atomic mass is 9.79. The lowest BCUT2D eigenvalue weighted by molar-refractivity contribution is -0.125. The molecule has 2 rings (SSSR count). The van der Waals surface area contributed by atoms with E-state index in [1.807, 2.05) is 12.1 Å². The van der Waals surface area contributed by atoms with Crippen molar-refractivity contribution < 1.29 is 9.53 Å². The quantitative estimate of drug-likeness (QED) is 0.892. The molecule has 5 heteroatoms. The molecule has 104 valence electrons. The summed E-state index contributed by atoms with van der Waals surface area (Å²) in [6.07, 6.45) is 3.24. The Morgan fingerprint density at radius 2 is 2.37 bits per heavy atom. The van der Waals surface area contributed by atoms with Crippen LogP contribution in [0.5, 0.6) is 0 Å². The maximum atomic E-state index is 11.9. The van der Waals surface area contributed by atoms with E-state index in [0.717, 1.165) is 18.5 Å². The van der Waals surface area contributed by atoms with Crippen LogP contribution < -0.4 is 11.1 Å². The van der Waals surface area contributed by atoms with Gasteiger partial charge in [0.25, 0.3) is 0 Å². The summed E-state index contributed by atoms with van der Waals surface area (Å²) in [5, 5.41) is 3.89. The molecule has 1 aromatic carbocycles. The van der Waals surface area contributed by atoms with Crippen LogP contribution >= 0.6 is 11.6 Å². The number of amides is 1. The summed E-state index contributed by atoms with van der Waals surface area (Å²) in [7, 11) is 1.67. The first-order valence-electron chi connectivity index (χ1n) is 6.42. The minimum Gasteiger partial charge on any atom is -0.381 e. The van der Waals surface area contributed by atoms with Crippen molar-refractivity contribution in [2.45, 2.75) is 37.3 Å². The van der Waals surface area contributed by atoms with Gasteiger partial charge >= 0.3 is 0 Å². The first-order chi connectivity index (χ1) is 9.05. The molecule has 1 aliphatic carbocycles. The van der Waals surface area contributed by atoms with Crippen LogP contribution in [0.4, 0.5) is 5.69 Å². The van der Waals surface area contributed by atoms with Gasteiger partial charge in [0.1, 0.15) is 5.54 Å². The molecular weight excluding hydrogens is 264 g/mol. The Labute approximate surface area is 118 Å². The van der Waals surface area contributed by atoms with Crippen LogP contribution in [0.3, 0.4) is 0 Å². The number of halogens is 1. The molecule has 0 aromatic heterocycles. The minimum atomic E-state index is -0.746. The summed E-state index contributed by atoms with van der Waals surface area (Å²) in [6, 6.07) is 7.31. The van der Waals surface area contributed by atoms with Crippen molar-refractivity contribution in [3.05, 3.63) is 29.3 Å². The van der Waals surface area contributed by atoms with Crippen molar-refractivity contribution in [1.82, 2.24) is 0 Å². The summed E-state index contributed by atoms with van der Waals surface area (Å²) in [6.45, 7) is 0. The van der Waals surface area contributed by atoms with Gasteiger partial charge in [-0.1, -0.05) is 17.7 Å². The average molecular weight is 283 g/mol. The fourth-order valence-electron chi connectivity index (χ4n) is 2.67. The lowest BCUT2D eigenvalue weighted by Crippen LogP contribution is -2.54. The number of anilines is 1. The third-order valence-corrected chi connectivity index (χ3v) is 3.95. The van der Waals surface area contributed by atoms with Gasteiger partial charge in [-0.2, -0.15) is 0 Å². The van der Waals surface area contributed by atoms with E-state index in [1.54, 1.807) is 19.2 Å². The molecule has 1 amide bonds. The van der Waals surface area contributed by atoms with Gasteiger partial charge in [-0.3, -0.25) is 4.79 Å². The summed E-state index contributed by atoms with van der Waals surface area (Å²) in [5.74, 6) is -0.339. The van der Waals surface area contributed by atoms with Crippen LogP contribution in [-0.2, 0) is 9.53 Å². The number of carbonyl (C=O) groups is 1. The average Bonchev–Trinajstić information content (AvgIpc) is 2.38. The van der Waals surface area contributed by atoms with E-state index in [0.29, 0.717) is 17.9 Å². The monoisotopic (exact) mass is 282 g/mol. The highest BCUT2D eigenvalue weighted by atomic mass is 35.5. The van der Waals surface area contributed by atoms with E-state index in [2.05, 4.69) is 5.32 Å². The van der Waals surface area contributed by atoms with E-state index in [1.165, 1.54) is 0 Å². The molecule has 0 spiro atoms. The third kappa shape index (κ3) is 3.19. The van der Waals surface area contributed by atoms with Crippen molar-refractivity contribution in [3.63, 3.8) is 0 Å². The second-order valence-corrected chi connectivity index (χ2v) is 5.47. The molecule has 19 heavy (non-hydrogen) atoms. The first-order valence-corrected chi connectivity index (χ1v) is 6.80. The molecule has 2 atom stereocenters. The number of benzene rings is 1. The molecule has 4 nitrogen and oxygen atoms in total. The lowest BCUT2D eigenvalue weighted by Gasteiger charge is -2.39. The van der Waals surface area contributed by atoms with Gasteiger partial charge in [0, 0.05) is 24.2 Å². The Hall–Kier alpha value is -1.26. The third-order valence-electron chi connectivity index (χ3n) is 3.72. The summed E-state index contributed by atoms with van der Waals surface area (Å²) in [4.78, 5) is 11.9. The molecule has 1 aliphatic rings. The molecule has 0 heterocycles. The van der Waals surface area contributed by atoms with Crippen LogP contribution in [0, 0.1) is 0 Å². The molecule has 2 unspecified atom stereocenters. The van der Waals surface area contributed by atoms with Crippen molar-refractivity contribution >= 4 is 23.2 Å². The summed E-state index contributed by atoms with van der Waals surface area (Å²) in [5.41, 5.74) is 5.68. The number of nitrogens with one attached hydrogen (secondary N) is 1. The molecule has 3 N–H and O–H groups in total. The molecule has 0 aliphatic heterocycles. The largest absolute Gasteiger partial charge is 0.381 e. The Balaban J connectivity index is 2.22. The highest BCUT2D eigenvalue weighted by Gasteiger charge is 2.41. The number of hydrogen-bond acceptors (Lipinski definition) is 3. The Morgan fingerprint density at radius 1 is 1.58 bits per heavy atom. The predicted octanol–water partition coefficient (Wildman–Crippen LogP) is 2.57. The van der Waals surface area contributed by atoms with Gasteiger partial charge in [0.05, 0.1) is 6.10 Å². The first kappa shape index (κ1) is 14.2. The second kappa shape index (κ2) is 5.80. The number of hydrogen-bond donors (Lipinski definition) is 2. The minimum absolute atomic E-state index is 0.0629. The maximum absolute atomic E-state index is 11.9. The highest BCUT2D eigenvalue weighted by Crippen LogP contribution is 2.33. The second-order valence-electron chi connectivity index (χ2n) is 5.04. The molecule has 0 radical (unpaired) electrons. The fraction of sp³-hybridized carbons (Fsp3) is 0.500.